The third-order valence-electron chi connectivity index (χ3n) is 10.2. The van der Waals surface area contributed by atoms with Crippen molar-refractivity contribution in [2.24, 2.45) is 5.73 Å². The number of aromatic nitrogens is 5. The van der Waals surface area contributed by atoms with Gasteiger partial charge >= 0.3 is 5.97 Å². The molecule has 3 amide bonds. The molecule has 1 aliphatic carbocycles. The standard InChI is InChI=1S/C38H59N13O5/c39-31(37(55)56)12-13-33(52)43-25-34(53)42-20-14-35(54)50-22-15-28(16-23-50)45-36-30-10-4-5-11-32(30)46-38(47-36)44-24-29-26-51(49-48-29)21-7-18-40-17-6-19-41-27-8-2-1-3-9-27/h4-5,10-11,26-28,31,40-41H,1-3,6-9,12-25,39H2,(H,42,53)(H,43,52)(H,55,56)(H2,44,45,46,47). The molecule has 306 valence electrons. The summed E-state index contributed by atoms with van der Waals surface area (Å²) in [5.41, 5.74) is 7.01. The number of carboxylic acid groups (broad SMARTS) is 1. The zero-order valence-electron chi connectivity index (χ0n) is 32.3. The number of amides is 3. The number of nitrogens with zero attached hydrogens (tertiary/aromatic N) is 6. The lowest BCUT2D eigenvalue weighted by Gasteiger charge is -2.33. The van der Waals surface area contributed by atoms with Crippen LogP contribution in [0.2, 0.25) is 0 Å². The van der Waals surface area contributed by atoms with Gasteiger partial charge in [-0.1, -0.05) is 36.6 Å². The number of carboxylic acids is 1. The Hall–Kier alpha value is -4.94. The van der Waals surface area contributed by atoms with E-state index in [0.29, 0.717) is 31.6 Å². The van der Waals surface area contributed by atoms with Gasteiger partial charge in [-0.25, -0.2) is 4.98 Å². The number of aryl methyl sites for hydroxylation is 1. The normalized spacial score (nSPS) is 15.7. The van der Waals surface area contributed by atoms with E-state index >= 15 is 0 Å². The number of carbonyl (C=O) groups is 4. The summed E-state index contributed by atoms with van der Waals surface area (Å²) in [4.78, 5) is 58.9. The van der Waals surface area contributed by atoms with E-state index in [0.717, 1.165) is 74.3 Å². The maximum Gasteiger partial charge on any atom is 0.320 e. The second kappa shape index (κ2) is 22.6. The first kappa shape index (κ1) is 42.2. The third-order valence-corrected chi connectivity index (χ3v) is 10.2. The molecular weight excluding hydrogens is 719 g/mol. The van der Waals surface area contributed by atoms with Gasteiger partial charge in [-0.15, -0.1) is 5.10 Å². The number of anilines is 2. The Morgan fingerprint density at radius 2 is 1.66 bits per heavy atom. The molecule has 1 unspecified atom stereocenters. The maximum absolute atomic E-state index is 12.9. The lowest BCUT2D eigenvalue weighted by atomic mass is 9.95. The SMILES string of the molecule is NC(CCC(=O)NCC(=O)NCCC(=O)N1CCC(Nc2nc(NCc3cn(CCCNCCCNC4CCCCC4)nn3)nc3ccccc23)CC1)C(=O)O. The molecule has 2 aromatic heterocycles. The Kier molecular flexibility index (Phi) is 17.0. The van der Waals surface area contributed by atoms with E-state index in [4.69, 9.17) is 20.8 Å². The predicted molar refractivity (Wildman–Crippen MR) is 213 cm³/mol. The minimum atomic E-state index is -1.19. The lowest BCUT2D eigenvalue weighted by molar-refractivity contribution is -0.139. The Morgan fingerprint density at radius 1 is 0.875 bits per heavy atom. The zero-order valence-corrected chi connectivity index (χ0v) is 32.3. The first-order chi connectivity index (χ1) is 27.2. The number of piperidine rings is 1. The lowest BCUT2D eigenvalue weighted by Crippen LogP contribution is -2.44. The highest BCUT2D eigenvalue weighted by atomic mass is 16.4. The fraction of sp³-hybridized carbons (Fsp3) is 0.632. The summed E-state index contributed by atoms with van der Waals surface area (Å²) in [5, 5.41) is 37.6. The molecule has 5 rings (SSSR count). The van der Waals surface area contributed by atoms with Gasteiger partial charge in [0.15, 0.2) is 0 Å². The van der Waals surface area contributed by atoms with E-state index in [1.165, 1.54) is 32.1 Å². The Morgan fingerprint density at radius 3 is 2.46 bits per heavy atom. The molecule has 1 aliphatic heterocycles. The van der Waals surface area contributed by atoms with Crippen LogP contribution in [-0.4, -0.2) is 123 Å². The molecule has 0 spiro atoms. The molecule has 9 N–H and O–H groups in total. The van der Waals surface area contributed by atoms with Gasteiger partial charge < -0.3 is 47.6 Å². The molecule has 0 bridgehead atoms. The van der Waals surface area contributed by atoms with Crippen molar-refractivity contribution in [2.75, 3.05) is 56.4 Å². The molecule has 1 atom stereocenters. The Bertz CT molecular complexity index is 1710. The van der Waals surface area contributed by atoms with E-state index in [-0.39, 0.29) is 44.3 Å². The highest BCUT2D eigenvalue weighted by molar-refractivity contribution is 5.90. The molecule has 0 radical (unpaired) electrons. The number of benzene rings is 1. The second-order valence-corrected chi connectivity index (χ2v) is 14.6. The molecule has 1 saturated carbocycles. The van der Waals surface area contributed by atoms with Crippen molar-refractivity contribution in [3.8, 4) is 0 Å². The number of nitrogens with one attached hydrogen (secondary N) is 6. The summed E-state index contributed by atoms with van der Waals surface area (Å²) in [6.07, 6.45) is 12.3. The monoisotopic (exact) mass is 777 g/mol. The molecule has 18 nitrogen and oxygen atoms in total. The van der Waals surface area contributed by atoms with Crippen molar-refractivity contribution >= 4 is 46.4 Å². The van der Waals surface area contributed by atoms with Gasteiger partial charge in [0, 0.05) is 56.5 Å². The van der Waals surface area contributed by atoms with Crippen molar-refractivity contribution in [2.45, 2.75) is 108 Å². The van der Waals surface area contributed by atoms with Crippen LogP contribution >= 0.6 is 0 Å². The van der Waals surface area contributed by atoms with E-state index in [2.05, 4.69) is 42.2 Å². The van der Waals surface area contributed by atoms with Crippen LogP contribution in [0, 0.1) is 0 Å². The third kappa shape index (κ3) is 14.3. The summed E-state index contributed by atoms with van der Waals surface area (Å²) < 4.78 is 1.88. The van der Waals surface area contributed by atoms with Crippen LogP contribution in [-0.2, 0) is 32.3 Å². The first-order valence-electron chi connectivity index (χ1n) is 20.1. The Balaban J connectivity index is 0.979. The number of hydrogen-bond donors (Lipinski definition) is 8. The molecule has 2 fully saturated rings. The maximum atomic E-state index is 12.9. The van der Waals surface area contributed by atoms with Crippen LogP contribution in [0.1, 0.15) is 82.7 Å². The summed E-state index contributed by atoms with van der Waals surface area (Å²) in [5.74, 6) is -0.936. The van der Waals surface area contributed by atoms with Crippen molar-refractivity contribution < 1.29 is 24.3 Å². The van der Waals surface area contributed by atoms with E-state index in [1.807, 2.05) is 35.1 Å². The number of nitrogens with two attached hydrogens (primary N) is 1. The second-order valence-electron chi connectivity index (χ2n) is 14.6. The molecule has 1 aromatic carbocycles. The van der Waals surface area contributed by atoms with Gasteiger partial charge in [0.25, 0.3) is 0 Å². The van der Waals surface area contributed by atoms with Crippen LogP contribution in [0.5, 0.6) is 0 Å². The highest BCUT2D eigenvalue weighted by Gasteiger charge is 2.24. The number of rotatable bonds is 23. The smallest absolute Gasteiger partial charge is 0.320 e. The molecule has 1 saturated heterocycles. The van der Waals surface area contributed by atoms with E-state index in [9.17, 15) is 19.2 Å². The number of para-hydroxylation sites is 1. The van der Waals surface area contributed by atoms with Gasteiger partial charge in [-0.3, -0.25) is 23.9 Å². The van der Waals surface area contributed by atoms with Crippen LogP contribution < -0.4 is 37.6 Å². The molecule has 3 heterocycles. The number of aliphatic carboxylic acids is 1. The topological polar surface area (TPSA) is 246 Å². The highest BCUT2D eigenvalue weighted by Crippen LogP contribution is 2.25. The fourth-order valence-corrected chi connectivity index (χ4v) is 6.95. The quantitative estimate of drug-likeness (QED) is 0.0634. The molecule has 2 aliphatic rings. The van der Waals surface area contributed by atoms with E-state index in [1.54, 1.807) is 4.90 Å². The molecule has 3 aromatic rings. The van der Waals surface area contributed by atoms with E-state index < -0.39 is 23.8 Å². The number of carbonyl (C=O) groups excluding carboxylic acids is 3. The average Bonchev–Trinajstić information content (AvgIpc) is 3.67. The summed E-state index contributed by atoms with van der Waals surface area (Å²) >= 11 is 0. The van der Waals surface area contributed by atoms with Crippen LogP contribution in [0.4, 0.5) is 11.8 Å². The largest absolute Gasteiger partial charge is 0.480 e. The number of likely N-dealkylation sites (tertiary alicyclic amines) is 1. The fourth-order valence-electron chi connectivity index (χ4n) is 6.95. The van der Waals surface area contributed by atoms with Gasteiger partial charge in [0.2, 0.25) is 23.7 Å². The predicted octanol–water partition coefficient (Wildman–Crippen LogP) is 1.34. The van der Waals surface area contributed by atoms with Crippen LogP contribution in [0.3, 0.4) is 0 Å². The minimum Gasteiger partial charge on any atom is -0.480 e. The van der Waals surface area contributed by atoms with Crippen molar-refractivity contribution in [3.63, 3.8) is 0 Å². The van der Waals surface area contributed by atoms with Crippen LogP contribution in [0.15, 0.2) is 30.5 Å². The first-order valence-corrected chi connectivity index (χ1v) is 20.1. The minimum absolute atomic E-state index is 0.0270. The van der Waals surface area contributed by atoms with Gasteiger partial charge in [0.1, 0.15) is 17.6 Å². The van der Waals surface area contributed by atoms with Crippen molar-refractivity contribution in [1.82, 2.24) is 51.1 Å². The summed E-state index contributed by atoms with van der Waals surface area (Å²) in [6.45, 7) is 5.27. The van der Waals surface area contributed by atoms with Gasteiger partial charge in [0.05, 0.1) is 24.8 Å². The number of hydrogen-bond acceptors (Lipinski definition) is 13. The van der Waals surface area contributed by atoms with Crippen molar-refractivity contribution in [3.05, 3.63) is 36.2 Å². The zero-order chi connectivity index (χ0) is 39.5. The molecule has 18 heteroatoms. The average molecular weight is 778 g/mol. The van der Waals surface area contributed by atoms with Gasteiger partial charge in [-0.2, -0.15) is 4.98 Å². The van der Waals surface area contributed by atoms with Crippen molar-refractivity contribution in [1.29, 1.82) is 0 Å². The summed E-state index contributed by atoms with van der Waals surface area (Å²) in [7, 11) is 0. The molecule has 56 heavy (non-hydrogen) atoms. The Labute approximate surface area is 327 Å². The molecular formula is C38H59N13O5. The summed E-state index contributed by atoms with van der Waals surface area (Å²) in [6, 6.07) is 7.54. The number of fused-ring (bicyclic) bond motifs is 1. The van der Waals surface area contributed by atoms with Crippen LogP contribution in [0.25, 0.3) is 10.9 Å². The van der Waals surface area contributed by atoms with Gasteiger partial charge in [-0.05, 0) is 76.7 Å².